The quantitative estimate of drug-likeness (QED) is 0.872. The van der Waals surface area contributed by atoms with E-state index in [4.69, 9.17) is 17.3 Å². The summed E-state index contributed by atoms with van der Waals surface area (Å²) in [5.74, 6) is 1.11. The Kier molecular flexibility index (Phi) is 3.35. The molecular weight excluding hydrogens is 302 g/mol. The second-order valence-electron chi connectivity index (χ2n) is 3.77. The van der Waals surface area contributed by atoms with Crippen LogP contribution in [0, 0.1) is 13.8 Å². The van der Waals surface area contributed by atoms with Gasteiger partial charge in [-0.2, -0.15) is 0 Å². The van der Waals surface area contributed by atoms with Crippen LogP contribution in [0.25, 0.3) is 11.4 Å². The molecule has 2 N–H and O–H groups in total. The second kappa shape index (κ2) is 4.63. The van der Waals surface area contributed by atoms with Gasteiger partial charge in [0, 0.05) is 26.3 Å². The van der Waals surface area contributed by atoms with Crippen molar-refractivity contribution in [3.05, 3.63) is 39.0 Å². The maximum absolute atomic E-state index is 5.90. The second-order valence-corrected chi connectivity index (χ2v) is 5.06. The van der Waals surface area contributed by atoms with Gasteiger partial charge in [0.15, 0.2) is 5.82 Å². The Hall–Kier alpha value is -1.13. The molecule has 5 heteroatoms. The number of nitrogens with zero attached hydrogens (tertiary/aromatic N) is 2. The first kappa shape index (κ1) is 12.3. The number of nitrogen functional groups attached to an aromatic ring is 1. The van der Waals surface area contributed by atoms with Gasteiger partial charge in [0.2, 0.25) is 0 Å². The van der Waals surface area contributed by atoms with Crippen molar-refractivity contribution in [2.24, 2.45) is 0 Å². The van der Waals surface area contributed by atoms with E-state index in [1.165, 1.54) is 0 Å². The summed E-state index contributed by atoms with van der Waals surface area (Å²) in [5, 5.41) is 0.664. The lowest BCUT2D eigenvalue weighted by atomic mass is 10.2. The monoisotopic (exact) mass is 311 g/mol. The molecule has 1 aromatic heterocycles. The van der Waals surface area contributed by atoms with Crippen LogP contribution >= 0.6 is 27.5 Å². The van der Waals surface area contributed by atoms with Crippen LogP contribution in [-0.2, 0) is 0 Å². The average molecular weight is 313 g/mol. The Labute approximate surface area is 113 Å². The van der Waals surface area contributed by atoms with Crippen molar-refractivity contribution in [2.75, 3.05) is 5.73 Å². The average Bonchev–Trinajstić information content (AvgIpc) is 2.25. The molecule has 0 spiro atoms. The van der Waals surface area contributed by atoms with E-state index in [0.29, 0.717) is 16.7 Å². The Morgan fingerprint density at radius 1 is 1.24 bits per heavy atom. The lowest BCUT2D eigenvalue weighted by Crippen LogP contribution is -2.02. The van der Waals surface area contributed by atoms with Crippen molar-refractivity contribution < 1.29 is 0 Å². The number of aryl methyl sites for hydroxylation is 1. The molecule has 88 valence electrons. The Balaban J connectivity index is 2.61. The molecule has 0 radical (unpaired) electrons. The minimum absolute atomic E-state index is 0.509. The summed E-state index contributed by atoms with van der Waals surface area (Å²) in [6.07, 6.45) is 0. The molecule has 0 aliphatic rings. The third-order valence-corrected chi connectivity index (χ3v) is 3.49. The Bertz CT molecular complexity index is 561. The van der Waals surface area contributed by atoms with Crippen LogP contribution in [0.2, 0.25) is 5.02 Å². The van der Waals surface area contributed by atoms with Crippen LogP contribution in [-0.4, -0.2) is 9.97 Å². The summed E-state index contributed by atoms with van der Waals surface area (Å²) in [4.78, 5) is 8.72. The molecule has 0 saturated carbocycles. The van der Waals surface area contributed by atoms with E-state index in [-0.39, 0.29) is 0 Å². The fourth-order valence-electron chi connectivity index (χ4n) is 1.44. The number of anilines is 1. The van der Waals surface area contributed by atoms with E-state index in [1.54, 1.807) is 6.07 Å². The van der Waals surface area contributed by atoms with Gasteiger partial charge in [-0.05, 0) is 48.0 Å². The molecule has 0 aliphatic heterocycles. The molecule has 0 saturated heterocycles. The van der Waals surface area contributed by atoms with Crippen LogP contribution in [0.1, 0.15) is 11.3 Å². The van der Waals surface area contributed by atoms with Gasteiger partial charge in [-0.3, -0.25) is 0 Å². The summed E-state index contributed by atoms with van der Waals surface area (Å²) in [6, 6.07) is 5.48. The fourth-order valence-corrected chi connectivity index (χ4v) is 2.30. The van der Waals surface area contributed by atoms with Crippen molar-refractivity contribution >= 4 is 33.3 Å². The van der Waals surface area contributed by atoms with Gasteiger partial charge in [0.25, 0.3) is 0 Å². The first-order valence-electron chi connectivity index (χ1n) is 5.05. The first-order chi connectivity index (χ1) is 7.99. The third-order valence-electron chi connectivity index (χ3n) is 2.60. The molecule has 0 fully saturated rings. The lowest BCUT2D eigenvalue weighted by Gasteiger charge is -2.08. The smallest absolute Gasteiger partial charge is 0.162 e. The number of aromatic nitrogens is 2. The Morgan fingerprint density at radius 2 is 1.94 bits per heavy atom. The van der Waals surface area contributed by atoms with Crippen LogP contribution in [0.5, 0.6) is 0 Å². The minimum atomic E-state index is 0.509. The van der Waals surface area contributed by atoms with Crippen LogP contribution < -0.4 is 5.73 Å². The van der Waals surface area contributed by atoms with Crippen molar-refractivity contribution in [1.29, 1.82) is 0 Å². The van der Waals surface area contributed by atoms with Gasteiger partial charge in [0.05, 0.1) is 0 Å². The molecule has 2 aromatic rings. The van der Waals surface area contributed by atoms with E-state index in [0.717, 1.165) is 21.3 Å². The molecule has 17 heavy (non-hydrogen) atoms. The highest BCUT2D eigenvalue weighted by atomic mass is 79.9. The highest BCUT2D eigenvalue weighted by Crippen LogP contribution is 2.29. The molecular formula is C12H11BrClN3. The molecule has 3 nitrogen and oxygen atoms in total. The number of hydrogen-bond donors (Lipinski definition) is 1. The van der Waals surface area contributed by atoms with Crippen molar-refractivity contribution in [2.45, 2.75) is 13.8 Å². The maximum Gasteiger partial charge on any atom is 0.162 e. The maximum atomic E-state index is 5.90. The molecule has 0 aliphatic carbocycles. The van der Waals surface area contributed by atoms with Crippen molar-refractivity contribution in [3.63, 3.8) is 0 Å². The van der Waals surface area contributed by atoms with Crippen molar-refractivity contribution in [1.82, 2.24) is 9.97 Å². The van der Waals surface area contributed by atoms with Gasteiger partial charge < -0.3 is 5.73 Å². The molecule has 2 rings (SSSR count). The van der Waals surface area contributed by atoms with Gasteiger partial charge in [-0.25, -0.2) is 9.97 Å². The molecule has 1 aromatic carbocycles. The first-order valence-corrected chi connectivity index (χ1v) is 6.22. The summed E-state index contributed by atoms with van der Waals surface area (Å²) in [7, 11) is 0. The highest BCUT2D eigenvalue weighted by molar-refractivity contribution is 9.10. The zero-order valence-electron chi connectivity index (χ0n) is 9.46. The number of nitrogens with two attached hydrogens (primary N) is 1. The third kappa shape index (κ3) is 2.42. The molecule has 1 heterocycles. The van der Waals surface area contributed by atoms with Crippen LogP contribution in [0.3, 0.4) is 0 Å². The van der Waals surface area contributed by atoms with E-state index in [2.05, 4.69) is 25.9 Å². The Morgan fingerprint density at radius 3 is 2.53 bits per heavy atom. The zero-order valence-corrected chi connectivity index (χ0v) is 11.8. The van der Waals surface area contributed by atoms with Crippen LogP contribution in [0.15, 0.2) is 22.7 Å². The van der Waals surface area contributed by atoms with Gasteiger partial charge >= 0.3 is 0 Å². The number of halogens is 2. The molecule has 0 amide bonds. The SMILES string of the molecule is Cc1nc(-c2ccc(Cl)cc2Br)nc(N)c1C. The summed E-state index contributed by atoms with van der Waals surface area (Å²) in [6.45, 7) is 3.83. The predicted octanol–water partition coefficient (Wildman–Crippen LogP) is 3.76. The molecule has 0 bridgehead atoms. The van der Waals surface area contributed by atoms with Crippen molar-refractivity contribution in [3.8, 4) is 11.4 Å². The van der Waals surface area contributed by atoms with E-state index < -0.39 is 0 Å². The van der Waals surface area contributed by atoms with Crippen LogP contribution in [0.4, 0.5) is 5.82 Å². The number of benzene rings is 1. The van der Waals surface area contributed by atoms with Gasteiger partial charge in [-0.1, -0.05) is 11.6 Å². The highest BCUT2D eigenvalue weighted by Gasteiger charge is 2.10. The minimum Gasteiger partial charge on any atom is -0.383 e. The van der Waals surface area contributed by atoms with Gasteiger partial charge in [-0.15, -0.1) is 0 Å². The summed E-state index contributed by atoms with van der Waals surface area (Å²) < 4.78 is 0.854. The topological polar surface area (TPSA) is 51.8 Å². The number of hydrogen-bond acceptors (Lipinski definition) is 3. The predicted molar refractivity (Wildman–Crippen MR) is 74.1 cm³/mol. The number of rotatable bonds is 1. The summed E-state index contributed by atoms with van der Waals surface area (Å²) >= 11 is 9.34. The van der Waals surface area contributed by atoms with E-state index in [9.17, 15) is 0 Å². The zero-order chi connectivity index (χ0) is 12.6. The fraction of sp³-hybridized carbons (Fsp3) is 0.167. The van der Waals surface area contributed by atoms with E-state index in [1.807, 2.05) is 26.0 Å². The largest absolute Gasteiger partial charge is 0.383 e. The molecule has 0 atom stereocenters. The van der Waals surface area contributed by atoms with Gasteiger partial charge in [0.1, 0.15) is 5.82 Å². The molecule has 0 unspecified atom stereocenters. The standard InChI is InChI=1S/C12H11BrClN3/c1-6-7(2)16-12(17-11(6)15)9-4-3-8(14)5-10(9)13/h3-5H,1-2H3,(H2,15,16,17). The lowest BCUT2D eigenvalue weighted by molar-refractivity contribution is 1.08. The summed E-state index contributed by atoms with van der Waals surface area (Å²) in [5.41, 5.74) is 8.52. The normalized spacial score (nSPS) is 10.6. The van der Waals surface area contributed by atoms with E-state index >= 15 is 0 Å².